The summed E-state index contributed by atoms with van der Waals surface area (Å²) in [5, 5.41) is 10.5. The molecular formula is C21H23N3O3. The number of hydrogen-bond acceptors (Lipinski definition) is 5. The normalized spacial score (nSPS) is 10.6. The molecule has 140 valence electrons. The summed E-state index contributed by atoms with van der Waals surface area (Å²) in [4.78, 5) is 12.3. The van der Waals surface area contributed by atoms with E-state index in [4.69, 9.17) is 9.15 Å². The highest BCUT2D eigenvalue weighted by atomic mass is 16.5. The van der Waals surface area contributed by atoms with Crippen molar-refractivity contribution in [2.75, 3.05) is 11.9 Å². The van der Waals surface area contributed by atoms with Gasteiger partial charge in [0.25, 0.3) is 5.91 Å². The van der Waals surface area contributed by atoms with Gasteiger partial charge in [-0.3, -0.25) is 10.1 Å². The second-order valence-electron chi connectivity index (χ2n) is 6.20. The lowest BCUT2D eigenvalue weighted by molar-refractivity contribution is 0.102. The summed E-state index contributed by atoms with van der Waals surface area (Å²) in [5.74, 6) is 0.903. The van der Waals surface area contributed by atoms with Crippen molar-refractivity contribution in [3.05, 3.63) is 71.6 Å². The molecule has 0 bridgehead atoms. The van der Waals surface area contributed by atoms with Crippen LogP contribution in [0.4, 0.5) is 6.01 Å². The second-order valence-corrected chi connectivity index (χ2v) is 6.20. The Labute approximate surface area is 158 Å². The summed E-state index contributed by atoms with van der Waals surface area (Å²) in [6.07, 6.45) is 3.86. The number of anilines is 1. The van der Waals surface area contributed by atoms with Gasteiger partial charge in [-0.05, 0) is 36.2 Å². The Hall–Kier alpha value is -3.15. The highest BCUT2D eigenvalue weighted by Gasteiger charge is 2.12. The molecule has 6 nitrogen and oxygen atoms in total. The predicted octanol–water partition coefficient (Wildman–Crippen LogP) is 4.48. The maximum absolute atomic E-state index is 12.3. The lowest BCUT2D eigenvalue weighted by Crippen LogP contribution is -2.12. The molecular weight excluding hydrogens is 342 g/mol. The molecule has 3 aromatic rings. The van der Waals surface area contributed by atoms with Crippen molar-refractivity contribution in [1.29, 1.82) is 0 Å². The maximum atomic E-state index is 12.3. The first-order valence-corrected chi connectivity index (χ1v) is 9.15. The highest BCUT2D eigenvalue weighted by molar-refractivity contribution is 6.03. The van der Waals surface area contributed by atoms with Crippen LogP contribution in [0, 0.1) is 0 Å². The quantitative estimate of drug-likeness (QED) is 0.566. The van der Waals surface area contributed by atoms with Crippen LogP contribution >= 0.6 is 0 Å². The van der Waals surface area contributed by atoms with Crippen molar-refractivity contribution in [2.45, 2.75) is 32.6 Å². The van der Waals surface area contributed by atoms with Crippen LogP contribution < -0.4 is 10.1 Å². The van der Waals surface area contributed by atoms with E-state index in [1.807, 2.05) is 30.3 Å². The molecule has 3 rings (SSSR count). The monoisotopic (exact) mass is 365 g/mol. The van der Waals surface area contributed by atoms with Gasteiger partial charge in [0.05, 0.1) is 13.0 Å². The molecule has 0 fully saturated rings. The summed E-state index contributed by atoms with van der Waals surface area (Å²) < 4.78 is 11.1. The summed E-state index contributed by atoms with van der Waals surface area (Å²) in [7, 11) is 0. The van der Waals surface area contributed by atoms with Gasteiger partial charge >= 0.3 is 6.01 Å². The molecule has 2 aromatic carbocycles. The fraction of sp³-hybridized carbons (Fsp3) is 0.286. The Morgan fingerprint density at radius 2 is 1.81 bits per heavy atom. The Balaban J connectivity index is 1.53. The minimum absolute atomic E-state index is 0.0887. The van der Waals surface area contributed by atoms with Gasteiger partial charge < -0.3 is 9.15 Å². The number of unbranched alkanes of at least 4 members (excludes halogenated alkanes) is 2. The van der Waals surface area contributed by atoms with Gasteiger partial charge in [-0.2, -0.15) is 0 Å². The summed E-state index contributed by atoms with van der Waals surface area (Å²) in [6.45, 7) is 2.84. The number of benzene rings is 2. The van der Waals surface area contributed by atoms with Crippen LogP contribution in [0.25, 0.3) is 0 Å². The molecule has 27 heavy (non-hydrogen) atoms. The zero-order valence-electron chi connectivity index (χ0n) is 15.4. The van der Waals surface area contributed by atoms with Gasteiger partial charge in [0.2, 0.25) is 5.89 Å². The van der Waals surface area contributed by atoms with E-state index in [0.717, 1.165) is 30.6 Å². The van der Waals surface area contributed by atoms with Crippen LogP contribution in [0.2, 0.25) is 0 Å². The number of hydrogen-bond donors (Lipinski definition) is 1. The van der Waals surface area contributed by atoms with E-state index >= 15 is 0 Å². The first kappa shape index (κ1) is 18.6. The Morgan fingerprint density at radius 3 is 2.56 bits per heavy atom. The minimum Gasteiger partial charge on any atom is -0.494 e. The lowest BCUT2D eigenvalue weighted by Gasteiger charge is -2.06. The van der Waals surface area contributed by atoms with E-state index < -0.39 is 0 Å². The summed E-state index contributed by atoms with van der Waals surface area (Å²) >= 11 is 0. The van der Waals surface area contributed by atoms with Gasteiger partial charge in [0, 0.05) is 5.56 Å². The molecule has 0 radical (unpaired) electrons. The van der Waals surface area contributed by atoms with Gasteiger partial charge in [0.1, 0.15) is 5.75 Å². The second kappa shape index (κ2) is 9.52. The first-order chi connectivity index (χ1) is 13.2. The van der Waals surface area contributed by atoms with Crippen LogP contribution in [0.1, 0.15) is 48.0 Å². The number of carbonyl (C=O) groups excluding carboxylic acids is 1. The van der Waals surface area contributed by atoms with Crippen LogP contribution in [0.3, 0.4) is 0 Å². The molecule has 0 saturated carbocycles. The van der Waals surface area contributed by atoms with Crippen LogP contribution in [-0.4, -0.2) is 22.7 Å². The molecule has 0 unspecified atom stereocenters. The number of aromatic nitrogens is 2. The van der Waals surface area contributed by atoms with E-state index in [1.54, 1.807) is 24.3 Å². The molecule has 1 N–H and O–H groups in total. The van der Waals surface area contributed by atoms with Crippen LogP contribution in [-0.2, 0) is 6.42 Å². The minimum atomic E-state index is -0.303. The molecule has 1 heterocycles. The topological polar surface area (TPSA) is 77.2 Å². The van der Waals surface area contributed by atoms with E-state index in [2.05, 4.69) is 22.4 Å². The molecule has 6 heteroatoms. The Bertz CT molecular complexity index is 845. The molecule has 0 aliphatic heterocycles. The molecule has 0 aliphatic carbocycles. The largest absolute Gasteiger partial charge is 0.494 e. The van der Waals surface area contributed by atoms with E-state index in [1.165, 1.54) is 0 Å². The summed E-state index contributed by atoms with van der Waals surface area (Å²) in [6, 6.07) is 16.9. The zero-order chi connectivity index (χ0) is 18.9. The van der Waals surface area contributed by atoms with E-state index in [-0.39, 0.29) is 11.9 Å². The molecule has 1 amide bonds. The third kappa shape index (κ3) is 5.67. The average Bonchev–Trinajstić information content (AvgIpc) is 3.13. The molecule has 1 aromatic heterocycles. The smallest absolute Gasteiger partial charge is 0.322 e. The van der Waals surface area contributed by atoms with Gasteiger partial charge in [-0.25, -0.2) is 0 Å². The fourth-order valence-electron chi connectivity index (χ4n) is 2.56. The van der Waals surface area contributed by atoms with Gasteiger partial charge in [0.15, 0.2) is 0 Å². The first-order valence-electron chi connectivity index (χ1n) is 9.15. The molecule has 0 aliphatic rings. The SMILES string of the molecule is CCCCCOc1ccc(C(=O)Nc2nnc(Cc3ccccc3)o2)cc1. The average molecular weight is 365 g/mol. The van der Waals surface area contributed by atoms with Crippen molar-refractivity contribution in [3.63, 3.8) is 0 Å². The number of rotatable bonds is 9. The number of nitrogens with one attached hydrogen (secondary N) is 1. The molecule has 0 atom stereocenters. The standard InChI is InChI=1S/C21H23N3O3/c1-2-3-7-14-26-18-12-10-17(11-13-18)20(25)22-21-24-23-19(27-21)15-16-8-5-4-6-9-16/h4-6,8-13H,2-3,7,14-15H2,1H3,(H,22,24,25). The third-order valence-corrected chi connectivity index (χ3v) is 4.02. The molecule has 0 saturated heterocycles. The zero-order valence-corrected chi connectivity index (χ0v) is 15.4. The highest BCUT2D eigenvalue weighted by Crippen LogP contribution is 2.15. The Kier molecular flexibility index (Phi) is 6.57. The number of ether oxygens (including phenoxy) is 1. The van der Waals surface area contributed by atoms with Crippen molar-refractivity contribution < 1.29 is 13.9 Å². The van der Waals surface area contributed by atoms with E-state index in [9.17, 15) is 4.79 Å². The maximum Gasteiger partial charge on any atom is 0.322 e. The van der Waals surface area contributed by atoms with Crippen molar-refractivity contribution >= 4 is 11.9 Å². The fourth-order valence-corrected chi connectivity index (χ4v) is 2.56. The van der Waals surface area contributed by atoms with Gasteiger partial charge in [-0.1, -0.05) is 55.2 Å². The van der Waals surface area contributed by atoms with Crippen LogP contribution in [0.5, 0.6) is 5.75 Å². The lowest BCUT2D eigenvalue weighted by atomic mass is 10.2. The predicted molar refractivity (Wildman–Crippen MR) is 103 cm³/mol. The van der Waals surface area contributed by atoms with Crippen LogP contribution in [0.15, 0.2) is 59.0 Å². The molecule has 0 spiro atoms. The van der Waals surface area contributed by atoms with Gasteiger partial charge in [-0.15, -0.1) is 5.10 Å². The number of amides is 1. The number of nitrogens with zero attached hydrogens (tertiary/aromatic N) is 2. The Morgan fingerprint density at radius 1 is 1.04 bits per heavy atom. The summed E-state index contributed by atoms with van der Waals surface area (Å²) in [5.41, 5.74) is 1.56. The van der Waals surface area contributed by atoms with Crippen molar-refractivity contribution in [2.24, 2.45) is 0 Å². The number of carbonyl (C=O) groups is 1. The third-order valence-electron chi connectivity index (χ3n) is 4.02. The van der Waals surface area contributed by atoms with Crippen molar-refractivity contribution in [3.8, 4) is 5.75 Å². The van der Waals surface area contributed by atoms with E-state index in [0.29, 0.717) is 24.5 Å². The van der Waals surface area contributed by atoms with Crippen molar-refractivity contribution in [1.82, 2.24) is 10.2 Å².